The van der Waals surface area contributed by atoms with Crippen molar-refractivity contribution in [1.29, 1.82) is 0 Å². The Bertz CT molecular complexity index is 1440. The van der Waals surface area contributed by atoms with Gasteiger partial charge >= 0.3 is 5.69 Å². The van der Waals surface area contributed by atoms with Crippen molar-refractivity contribution >= 4 is 16.9 Å². The summed E-state index contributed by atoms with van der Waals surface area (Å²) in [6, 6.07) is 17.9. The van der Waals surface area contributed by atoms with Crippen LogP contribution in [0, 0.1) is 5.82 Å². The Morgan fingerprint density at radius 2 is 1.73 bits per heavy atom. The number of hydrogen-bond donors (Lipinski definition) is 1. The van der Waals surface area contributed by atoms with Crippen molar-refractivity contribution in [1.82, 2.24) is 19.4 Å². The molecule has 7 nitrogen and oxygen atoms in total. The van der Waals surface area contributed by atoms with E-state index in [9.17, 15) is 14.0 Å². The predicted molar refractivity (Wildman–Crippen MR) is 141 cm³/mol. The topological polar surface area (TPSA) is 74.5 Å². The summed E-state index contributed by atoms with van der Waals surface area (Å²) in [4.78, 5) is 32.7. The number of imidazole rings is 1. The summed E-state index contributed by atoms with van der Waals surface area (Å²) in [5.41, 5.74) is 2.48. The quantitative estimate of drug-likeness (QED) is 0.385. The molecule has 3 heterocycles. The number of nitrogens with zero attached hydrogens (tertiary/aromatic N) is 3. The van der Waals surface area contributed by atoms with Gasteiger partial charge in [-0.25, -0.2) is 9.18 Å². The monoisotopic (exact) mass is 504 g/mol. The molecule has 0 bridgehead atoms. The van der Waals surface area contributed by atoms with Crippen molar-refractivity contribution in [2.75, 3.05) is 13.1 Å². The first-order chi connectivity index (χ1) is 17.7. The minimum atomic E-state index is -0.252. The molecule has 37 heavy (non-hydrogen) atoms. The Hall–Kier alpha value is -3.65. The average molecular weight is 505 g/mol. The highest BCUT2D eigenvalue weighted by Crippen LogP contribution is 2.27. The van der Waals surface area contributed by atoms with Gasteiger partial charge < -0.3 is 14.3 Å². The number of piperidine rings is 1. The van der Waals surface area contributed by atoms with Gasteiger partial charge in [0.1, 0.15) is 11.6 Å². The lowest BCUT2D eigenvalue weighted by Crippen LogP contribution is -2.40. The summed E-state index contributed by atoms with van der Waals surface area (Å²) in [5, 5.41) is 0. The average Bonchev–Trinajstić information content (AvgIpc) is 3.47. The molecule has 0 radical (unpaired) electrons. The number of aromatic amines is 1. The van der Waals surface area contributed by atoms with E-state index in [0.29, 0.717) is 50.5 Å². The lowest BCUT2D eigenvalue weighted by Gasteiger charge is -2.35. The van der Waals surface area contributed by atoms with Crippen LogP contribution >= 0.6 is 0 Å². The maximum atomic E-state index is 13.3. The van der Waals surface area contributed by atoms with Crippen LogP contribution in [0.4, 0.5) is 4.39 Å². The van der Waals surface area contributed by atoms with E-state index < -0.39 is 0 Å². The highest BCUT2D eigenvalue weighted by molar-refractivity contribution is 5.91. The van der Waals surface area contributed by atoms with Gasteiger partial charge in [0.15, 0.2) is 5.76 Å². The first-order valence-corrected chi connectivity index (χ1v) is 12.8. The van der Waals surface area contributed by atoms with E-state index in [1.54, 1.807) is 23.1 Å². The van der Waals surface area contributed by atoms with Crippen molar-refractivity contribution in [2.45, 2.75) is 58.3 Å². The van der Waals surface area contributed by atoms with Gasteiger partial charge in [-0.1, -0.05) is 24.3 Å². The molecule has 0 atom stereocenters. The van der Waals surface area contributed by atoms with E-state index >= 15 is 0 Å². The highest BCUT2D eigenvalue weighted by Gasteiger charge is 2.29. The van der Waals surface area contributed by atoms with E-state index in [2.05, 4.69) is 30.7 Å². The smallest absolute Gasteiger partial charge is 0.326 e. The van der Waals surface area contributed by atoms with Gasteiger partial charge in [0.25, 0.3) is 5.91 Å². The zero-order valence-electron chi connectivity index (χ0n) is 21.5. The maximum absolute atomic E-state index is 13.3. The van der Waals surface area contributed by atoms with Crippen molar-refractivity contribution in [3.05, 3.63) is 94.0 Å². The molecule has 0 unspecified atom stereocenters. The van der Waals surface area contributed by atoms with Crippen LogP contribution in [0.5, 0.6) is 0 Å². The van der Waals surface area contributed by atoms with Crippen LogP contribution in [0.25, 0.3) is 11.0 Å². The molecule has 0 saturated carbocycles. The van der Waals surface area contributed by atoms with Crippen molar-refractivity contribution in [2.24, 2.45) is 0 Å². The molecule has 1 saturated heterocycles. The third-order valence-electron chi connectivity index (χ3n) is 7.20. The number of para-hydroxylation sites is 2. The van der Waals surface area contributed by atoms with Gasteiger partial charge in [0, 0.05) is 31.2 Å². The van der Waals surface area contributed by atoms with Gasteiger partial charge in [-0.05, 0) is 75.6 Å². The second-order valence-corrected chi connectivity index (χ2v) is 10.8. The second kappa shape index (κ2) is 10.0. The molecule has 5 rings (SSSR count). The number of likely N-dealkylation sites (tertiary alicyclic amines) is 1. The second-order valence-electron chi connectivity index (χ2n) is 10.8. The Kier molecular flexibility index (Phi) is 6.77. The molecule has 1 aliphatic heterocycles. The number of benzene rings is 2. The molecule has 4 aromatic rings. The number of H-pyrrole nitrogens is 1. The minimum Gasteiger partial charge on any atom is -0.455 e. The van der Waals surface area contributed by atoms with Crippen LogP contribution < -0.4 is 5.69 Å². The summed E-state index contributed by atoms with van der Waals surface area (Å²) >= 11 is 0. The number of carbonyl (C=O) groups excluding carboxylic acids is 1. The van der Waals surface area contributed by atoms with Gasteiger partial charge in [-0.3, -0.25) is 14.3 Å². The molecule has 0 aliphatic carbocycles. The van der Waals surface area contributed by atoms with Crippen LogP contribution in [0.3, 0.4) is 0 Å². The zero-order valence-corrected chi connectivity index (χ0v) is 21.5. The van der Waals surface area contributed by atoms with Gasteiger partial charge in [-0.15, -0.1) is 0 Å². The molecular weight excluding hydrogens is 471 g/mol. The number of nitrogens with one attached hydrogen (secondary N) is 1. The number of fused-ring (bicyclic) bond motifs is 1. The van der Waals surface area contributed by atoms with Crippen LogP contribution in [0.15, 0.2) is 69.9 Å². The number of carbonyl (C=O) groups is 1. The van der Waals surface area contributed by atoms with E-state index in [4.69, 9.17) is 4.42 Å². The van der Waals surface area contributed by atoms with Crippen LogP contribution in [-0.4, -0.2) is 43.9 Å². The third kappa shape index (κ3) is 5.39. The minimum absolute atomic E-state index is 0.0478. The summed E-state index contributed by atoms with van der Waals surface area (Å²) in [6.45, 7) is 8.64. The molecule has 1 amide bonds. The maximum Gasteiger partial charge on any atom is 0.326 e. The fourth-order valence-corrected chi connectivity index (χ4v) is 5.03. The van der Waals surface area contributed by atoms with Crippen molar-refractivity contribution in [3.8, 4) is 0 Å². The van der Waals surface area contributed by atoms with Crippen LogP contribution in [0.2, 0.25) is 0 Å². The molecule has 8 heteroatoms. The van der Waals surface area contributed by atoms with Gasteiger partial charge in [0.05, 0.1) is 17.6 Å². The van der Waals surface area contributed by atoms with E-state index in [-0.39, 0.29) is 29.0 Å². The summed E-state index contributed by atoms with van der Waals surface area (Å²) in [5.74, 6) is 0.656. The van der Waals surface area contributed by atoms with Crippen molar-refractivity contribution < 1.29 is 13.6 Å². The fraction of sp³-hybridized carbons (Fsp3) is 0.379. The SMILES string of the molecule is CC(C)(C)N(Cc1ccc(F)cc1)Cc1ccc(C(=O)N2CCC(n3c(=O)[nH]c4ccccc43)CC2)o1. The lowest BCUT2D eigenvalue weighted by molar-refractivity contribution is 0.0653. The first-order valence-electron chi connectivity index (χ1n) is 12.8. The third-order valence-corrected chi connectivity index (χ3v) is 7.20. The number of furan rings is 1. The number of rotatable bonds is 6. The fourth-order valence-electron chi connectivity index (χ4n) is 5.03. The number of aromatic nitrogens is 2. The normalized spacial score (nSPS) is 15.1. The number of hydrogen-bond acceptors (Lipinski definition) is 4. The highest BCUT2D eigenvalue weighted by atomic mass is 19.1. The molecule has 1 aliphatic rings. The number of halogens is 1. The standard InChI is InChI=1S/C29H33FN4O3/c1-29(2,3)33(18-20-8-10-21(30)11-9-20)19-23-12-13-26(37-23)27(35)32-16-14-22(15-17-32)34-25-7-5-4-6-24(25)31-28(34)36/h4-13,22H,14-19H2,1-3H3,(H,31,36). The van der Waals surface area contributed by atoms with Crippen molar-refractivity contribution in [3.63, 3.8) is 0 Å². The first kappa shape index (κ1) is 25.0. The Balaban J connectivity index is 1.23. The molecule has 194 valence electrons. The van der Waals surface area contributed by atoms with E-state index in [0.717, 1.165) is 16.6 Å². The van der Waals surface area contributed by atoms with E-state index in [1.807, 2.05) is 34.9 Å². The molecular formula is C29H33FN4O3. The Labute approximate surface area is 215 Å². The summed E-state index contributed by atoms with van der Waals surface area (Å²) < 4.78 is 21.2. The summed E-state index contributed by atoms with van der Waals surface area (Å²) in [7, 11) is 0. The molecule has 2 aromatic heterocycles. The molecule has 0 spiro atoms. The Morgan fingerprint density at radius 1 is 1.03 bits per heavy atom. The molecule has 1 N–H and O–H groups in total. The Morgan fingerprint density at radius 3 is 2.43 bits per heavy atom. The van der Waals surface area contributed by atoms with Crippen LogP contribution in [0.1, 0.15) is 61.5 Å². The largest absolute Gasteiger partial charge is 0.455 e. The van der Waals surface area contributed by atoms with E-state index in [1.165, 1.54) is 12.1 Å². The van der Waals surface area contributed by atoms with Gasteiger partial charge in [0.2, 0.25) is 0 Å². The molecule has 1 fully saturated rings. The summed E-state index contributed by atoms with van der Waals surface area (Å²) in [6.07, 6.45) is 1.41. The van der Waals surface area contributed by atoms with Crippen LogP contribution in [-0.2, 0) is 13.1 Å². The predicted octanol–water partition coefficient (Wildman–Crippen LogP) is 5.34. The lowest BCUT2D eigenvalue weighted by atomic mass is 10.0. The zero-order chi connectivity index (χ0) is 26.2. The van der Waals surface area contributed by atoms with Gasteiger partial charge in [-0.2, -0.15) is 0 Å². The number of amides is 1. The molecule has 2 aromatic carbocycles.